The molecule has 0 aliphatic heterocycles. The molecule has 1 aromatic heterocycles. The first-order valence-corrected chi connectivity index (χ1v) is 5.41. The number of halogens is 1. The zero-order valence-electron chi connectivity index (χ0n) is 8.46. The van der Waals surface area contributed by atoms with Crippen LogP contribution in [0.2, 0.25) is 5.02 Å². The molecule has 0 aliphatic carbocycles. The molecule has 0 saturated heterocycles. The van der Waals surface area contributed by atoms with Gasteiger partial charge in [-0.2, -0.15) is 0 Å². The van der Waals surface area contributed by atoms with E-state index in [0.29, 0.717) is 5.02 Å². The standard InChI is InChI=1S/C10H16ClN3/c1-2-3-4-5-6-13-10-9(11)7-12-8-14-10/h7-8H,2-6H2,1H3,(H,12,13,14). The molecule has 0 atom stereocenters. The lowest BCUT2D eigenvalue weighted by molar-refractivity contribution is 0.684. The van der Waals surface area contributed by atoms with Gasteiger partial charge in [-0.25, -0.2) is 9.97 Å². The number of nitrogens with one attached hydrogen (secondary N) is 1. The minimum atomic E-state index is 0.586. The van der Waals surface area contributed by atoms with Crippen LogP contribution < -0.4 is 5.32 Å². The van der Waals surface area contributed by atoms with E-state index in [0.717, 1.165) is 18.8 Å². The van der Waals surface area contributed by atoms with E-state index < -0.39 is 0 Å². The van der Waals surface area contributed by atoms with Crippen LogP contribution in [0.1, 0.15) is 32.6 Å². The van der Waals surface area contributed by atoms with Crippen LogP contribution in [-0.2, 0) is 0 Å². The van der Waals surface area contributed by atoms with Gasteiger partial charge in [-0.1, -0.05) is 37.8 Å². The Balaban J connectivity index is 2.21. The molecule has 14 heavy (non-hydrogen) atoms. The predicted octanol–water partition coefficient (Wildman–Crippen LogP) is 3.12. The predicted molar refractivity (Wildman–Crippen MR) is 59.7 cm³/mol. The highest BCUT2D eigenvalue weighted by atomic mass is 35.5. The molecule has 1 aromatic rings. The number of aromatic nitrogens is 2. The largest absolute Gasteiger partial charge is 0.369 e. The van der Waals surface area contributed by atoms with Crippen molar-refractivity contribution in [1.29, 1.82) is 0 Å². The SMILES string of the molecule is CCCCCCNc1ncncc1Cl. The molecular formula is C10H16ClN3. The molecule has 0 fully saturated rings. The third kappa shape index (κ3) is 3.92. The van der Waals surface area contributed by atoms with Crippen molar-refractivity contribution in [2.24, 2.45) is 0 Å². The first-order chi connectivity index (χ1) is 6.84. The molecule has 3 nitrogen and oxygen atoms in total. The summed E-state index contributed by atoms with van der Waals surface area (Å²) in [6.45, 7) is 3.13. The van der Waals surface area contributed by atoms with Gasteiger partial charge in [0.05, 0.1) is 6.20 Å². The third-order valence-electron chi connectivity index (χ3n) is 1.99. The first kappa shape index (κ1) is 11.2. The molecule has 0 spiro atoms. The molecule has 1 N–H and O–H groups in total. The van der Waals surface area contributed by atoms with Crippen molar-refractivity contribution in [1.82, 2.24) is 9.97 Å². The van der Waals surface area contributed by atoms with Gasteiger partial charge in [0, 0.05) is 6.54 Å². The molecule has 0 bridgehead atoms. The summed E-state index contributed by atoms with van der Waals surface area (Å²) in [4.78, 5) is 7.86. The van der Waals surface area contributed by atoms with Crippen LogP contribution in [0.15, 0.2) is 12.5 Å². The van der Waals surface area contributed by atoms with Crippen LogP contribution in [0, 0.1) is 0 Å². The van der Waals surface area contributed by atoms with Gasteiger partial charge < -0.3 is 5.32 Å². The summed E-state index contributed by atoms with van der Waals surface area (Å²) in [6, 6.07) is 0. The van der Waals surface area contributed by atoms with Crippen molar-refractivity contribution in [2.45, 2.75) is 32.6 Å². The molecule has 0 saturated carbocycles. The summed E-state index contributed by atoms with van der Waals surface area (Å²) in [5, 5.41) is 3.77. The van der Waals surface area contributed by atoms with Gasteiger partial charge in [0.2, 0.25) is 0 Å². The van der Waals surface area contributed by atoms with Crippen LogP contribution in [0.5, 0.6) is 0 Å². The Morgan fingerprint density at radius 3 is 2.93 bits per heavy atom. The molecule has 0 radical (unpaired) electrons. The van der Waals surface area contributed by atoms with E-state index in [1.54, 1.807) is 6.20 Å². The fourth-order valence-electron chi connectivity index (χ4n) is 1.20. The van der Waals surface area contributed by atoms with Crippen LogP contribution in [-0.4, -0.2) is 16.5 Å². The highest BCUT2D eigenvalue weighted by Gasteiger charge is 1.98. The van der Waals surface area contributed by atoms with Crippen LogP contribution >= 0.6 is 11.6 Å². The highest BCUT2D eigenvalue weighted by Crippen LogP contribution is 2.15. The number of hydrogen-bond acceptors (Lipinski definition) is 3. The molecule has 0 aromatic carbocycles. The quantitative estimate of drug-likeness (QED) is 0.738. The molecule has 0 unspecified atom stereocenters. The summed E-state index contributed by atoms with van der Waals surface area (Å²) in [5.41, 5.74) is 0. The van der Waals surface area contributed by atoms with Gasteiger partial charge in [0.1, 0.15) is 17.2 Å². The zero-order chi connectivity index (χ0) is 10.2. The first-order valence-electron chi connectivity index (χ1n) is 5.04. The average Bonchev–Trinajstić information content (AvgIpc) is 2.20. The maximum absolute atomic E-state index is 5.88. The van der Waals surface area contributed by atoms with E-state index in [9.17, 15) is 0 Å². The van der Waals surface area contributed by atoms with Gasteiger partial charge in [0.25, 0.3) is 0 Å². The van der Waals surface area contributed by atoms with Crippen LogP contribution in [0.4, 0.5) is 5.82 Å². The second-order valence-corrected chi connectivity index (χ2v) is 3.61. The van der Waals surface area contributed by atoms with E-state index in [1.165, 1.54) is 25.6 Å². The summed E-state index contributed by atoms with van der Waals surface area (Å²) in [7, 11) is 0. The van der Waals surface area contributed by atoms with Crippen molar-refractivity contribution < 1.29 is 0 Å². The Bertz CT molecular complexity index is 265. The highest BCUT2D eigenvalue weighted by molar-refractivity contribution is 6.32. The number of rotatable bonds is 6. The lowest BCUT2D eigenvalue weighted by Gasteiger charge is -2.05. The minimum Gasteiger partial charge on any atom is -0.369 e. The Morgan fingerprint density at radius 1 is 1.36 bits per heavy atom. The Hall–Kier alpha value is -0.830. The van der Waals surface area contributed by atoms with E-state index in [-0.39, 0.29) is 0 Å². The fourth-order valence-corrected chi connectivity index (χ4v) is 1.37. The second kappa shape index (κ2) is 6.60. The Kier molecular flexibility index (Phi) is 5.30. The average molecular weight is 214 g/mol. The fraction of sp³-hybridized carbons (Fsp3) is 0.600. The molecular weight excluding hydrogens is 198 g/mol. The third-order valence-corrected chi connectivity index (χ3v) is 2.27. The summed E-state index contributed by atoms with van der Waals surface area (Å²) >= 11 is 5.88. The molecule has 1 heterocycles. The summed E-state index contributed by atoms with van der Waals surface area (Å²) in [5.74, 6) is 0.734. The lowest BCUT2D eigenvalue weighted by atomic mass is 10.2. The Morgan fingerprint density at radius 2 is 2.21 bits per heavy atom. The maximum atomic E-state index is 5.88. The molecule has 4 heteroatoms. The lowest BCUT2D eigenvalue weighted by Crippen LogP contribution is -2.03. The van der Waals surface area contributed by atoms with Crippen LogP contribution in [0.25, 0.3) is 0 Å². The zero-order valence-corrected chi connectivity index (χ0v) is 9.22. The van der Waals surface area contributed by atoms with Crippen molar-refractivity contribution in [3.63, 3.8) is 0 Å². The van der Waals surface area contributed by atoms with E-state index in [4.69, 9.17) is 11.6 Å². The number of unbranched alkanes of at least 4 members (excludes halogenated alkanes) is 3. The van der Waals surface area contributed by atoms with Crippen LogP contribution in [0.3, 0.4) is 0 Å². The van der Waals surface area contributed by atoms with Crippen molar-refractivity contribution in [3.05, 3.63) is 17.5 Å². The van der Waals surface area contributed by atoms with Gasteiger partial charge in [-0.05, 0) is 6.42 Å². The van der Waals surface area contributed by atoms with Gasteiger partial charge in [-0.3, -0.25) is 0 Å². The number of anilines is 1. The summed E-state index contributed by atoms with van der Waals surface area (Å²) in [6.07, 6.45) is 8.07. The van der Waals surface area contributed by atoms with E-state index >= 15 is 0 Å². The van der Waals surface area contributed by atoms with Crippen molar-refractivity contribution in [2.75, 3.05) is 11.9 Å². The molecule has 0 aliphatic rings. The van der Waals surface area contributed by atoms with Crippen molar-refractivity contribution >= 4 is 17.4 Å². The molecule has 0 amide bonds. The van der Waals surface area contributed by atoms with Gasteiger partial charge in [0.15, 0.2) is 0 Å². The van der Waals surface area contributed by atoms with Crippen molar-refractivity contribution in [3.8, 4) is 0 Å². The number of hydrogen-bond donors (Lipinski definition) is 1. The summed E-state index contributed by atoms with van der Waals surface area (Å²) < 4.78 is 0. The van der Waals surface area contributed by atoms with Gasteiger partial charge >= 0.3 is 0 Å². The number of nitrogens with zero attached hydrogens (tertiary/aromatic N) is 2. The monoisotopic (exact) mass is 213 g/mol. The van der Waals surface area contributed by atoms with Gasteiger partial charge in [-0.15, -0.1) is 0 Å². The minimum absolute atomic E-state index is 0.586. The molecule has 1 rings (SSSR count). The van der Waals surface area contributed by atoms with E-state index in [1.807, 2.05) is 0 Å². The maximum Gasteiger partial charge on any atom is 0.148 e. The van der Waals surface area contributed by atoms with E-state index in [2.05, 4.69) is 22.2 Å². The topological polar surface area (TPSA) is 37.8 Å². The smallest absolute Gasteiger partial charge is 0.148 e. The Labute approximate surface area is 89.9 Å². The second-order valence-electron chi connectivity index (χ2n) is 3.21. The molecule has 78 valence electrons. The normalized spacial score (nSPS) is 10.1.